The fourth-order valence-corrected chi connectivity index (χ4v) is 1.51. The second kappa shape index (κ2) is 8.64. The standard InChI is InChI=1S/C17H20O4/c1-5-15(17(18)20-4)9-6-13(2)21-12-14-7-10-16(19-3)11-8-14/h5-11H,1,12H2,2-4H3. The molecule has 0 spiro atoms. The lowest BCUT2D eigenvalue weighted by molar-refractivity contribution is -0.135. The summed E-state index contributed by atoms with van der Waals surface area (Å²) in [5.41, 5.74) is 1.41. The van der Waals surface area contributed by atoms with Crippen molar-refractivity contribution in [3.05, 3.63) is 66.0 Å². The molecule has 1 aromatic carbocycles. The van der Waals surface area contributed by atoms with Crippen molar-refractivity contribution in [3.8, 4) is 5.75 Å². The molecule has 0 heterocycles. The Balaban J connectivity index is 2.61. The highest BCUT2D eigenvalue weighted by Gasteiger charge is 2.03. The van der Waals surface area contributed by atoms with E-state index in [1.807, 2.05) is 31.2 Å². The minimum atomic E-state index is -0.427. The summed E-state index contributed by atoms with van der Waals surface area (Å²) < 4.78 is 15.3. The van der Waals surface area contributed by atoms with Crippen LogP contribution in [0, 0.1) is 0 Å². The van der Waals surface area contributed by atoms with Gasteiger partial charge in [-0.05, 0) is 36.8 Å². The highest BCUT2D eigenvalue weighted by molar-refractivity contribution is 5.91. The number of carbonyl (C=O) groups excluding carboxylic acids is 1. The summed E-state index contributed by atoms with van der Waals surface area (Å²) in [6, 6.07) is 7.63. The van der Waals surface area contributed by atoms with E-state index >= 15 is 0 Å². The van der Waals surface area contributed by atoms with Gasteiger partial charge in [0.25, 0.3) is 0 Å². The van der Waals surface area contributed by atoms with E-state index in [1.165, 1.54) is 13.2 Å². The minimum Gasteiger partial charge on any atom is -0.497 e. The summed E-state index contributed by atoms with van der Waals surface area (Å²) in [4.78, 5) is 11.4. The Bertz CT molecular complexity index is 538. The quantitative estimate of drug-likeness (QED) is 0.334. The average Bonchev–Trinajstić information content (AvgIpc) is 2.53. The molecule has 0 amide bonds. The summed E-state index contributed by atoms with van der Waals surface area (Å²) in [7, 11) is 2.96. The van der Waals surface area contributed by atoms with Gasteiger partial charge in [0.05, 0.1) is 25.6 Å². The van der Waals surface area contributed by atoms with Crippen LogP contribution >= 0.6 is 0 Å². The molecule has 21 heavy (non-hydrogen) atoms. The summed E-state index contributed by atoms with van der Waals surface area (Å²) in [5.74, 6) is 1.07. The van der Waals surface area contributed by atoms with Crippen LogP contribution in [0.2, 0.25) is 0 Å². The fraction of sp³-hybridized carbons (Fsp3) is 0.235. The molecular weight excluding hydrogens is 268 g/mol. The highest BCUT2D eigenvalue weighted by atomic mass is 16.5. The predicted octanol–water partition coefficient (Wildman–Crippen LogP) is 3.40. The third kappa shape index (κ3) is 5.57. The van der Waals surface area contributed by atoms with E-state index in [-0.39, 0.29) is 0 Å². The number of esters is 1. The lowest BCUT2D eigenvalue weighted by Crippen LogP contribution is -2.01. The molecule has 0 atom stereocenters. The monoisotopic (exact) mass is 288 g/mol. The molecule has 0 saturated carbocycles. The molecule has 0 aromatic heterocycles. The number of rotatable bonds is 7. The molecule has 0 fully saturated rings. The van der Waals surface area contributed by atoms with Gasteiger partial charge in [-0.1, -0.05) is 24.8 Å². The molecule has 4 heteroatoms. The molecule has 4 nitrogen and oxygen atoms in total. The van der Waals surface area contributed by atoms with Gasteiger partial charge in [0, 0.05) is 0 Å². The van der Waals surface area contributed by atoms with Gasteiger partial charge in [0.1, 0.15) is 12.4 Å². The Morgan fingerprint density at radius 2 is 1.86 bits per heavy atom. The Hall–Kier alpha value is -2.49. The van der Waals surface area contributed by atoms with Gasteiger partial charge in [0.15, 0.2) is 0 Å². The first-order valence-electron chi connectivity index (χ1n) is 6.45. The zero-order valence-corrected chi connectivity index (χ0v) is 12.6. The Kier molecular flexibility index (Phi) is 6.81. The van der Waals surface area contributed by atoms with Crippen LogP contribution in [0.3, 0.4) is 0 Å². The normalized spacial score (nSPS) is 11.8. The van der Waals surface area contributed by atoms with Gasteiger partial charge in [-0.15, -0.1) is 0 Å². The molecule has 1 aromatic rings. The highest BCUT2D eigenvalue weighted by Crippen LogP contribution is 2.13. The van der Waals surface area contributed by atoms with Crippen molar-refractivity contribution in [1.82, 2.24) is 0 Å². The van der Waals surface area contributed by atoms with E-state index in [9.17, 15) is 4.79 Å². The number of benzene rings is 1. The van der Waals surface area contributed by atoms with Crippen LogP contribution in [0.15, 0.2) is 60.4 Å². The van der Waals surface area contributed by atoms with Crippen LogP contribution in [-0.4, -0.2) is 20.2 Å². The first kappa shape index (κ1) is 16.6. The van der Waals surface area contributed by atoms with Crippen molar-refractivity contribution in [3.63, 3.8) is 0 Å². The second-order valence-electron chi connectivity index (χ2n) is 4.23. The minimum absolute atomic E-state index is 0.380. The van der Waals surface area contributed by atoms with Crippen LogP contribution in [0.4, 0.5) is 0 Å². The van der Waals surface area contributed by atoms with Crippen molar-refractivity contribution < 1.29 is 19.0 Å². The van der Waals surface area contributed by atoms with E-state index in [1.54, 1.807) is 19.3 Å². The number of hydrogen-bond donors (Lipinski definition) is 0. The molecular formula is C17H20O4. The van der Waals surface area contributed by atoms with Gasteiger partial charge in [0.2, 0.25) is 0 Å². The Morgan fingerprint density at radius 3 is 2.38 bits per heavy atom. The number of methoxy groups -OCH3 is 2. The van der Waals surface area contributed by atoms with E-state index in [4.69, 9.17) is 9.47 Å². The molecule has 112 valence electrons. The summed E-state index contributed by atoms with van der Waals surface area (Å²) in [6.45, 7) is 5.83. The van der Waals surface area contributed by atoms with E-state index in [2.05, 4.69) is 11.3 Å². The van der Waals surface area contributed by atoms with Crippen molar-refractivity contribution in [2.45, 2.75) is 13.5 Å². The lowest BCUT2D eigenvalue weighted by Gasteiger charge is -2.07. The molecule has 1 rings (SSSR count). The van der Waals surface area contributed by atoms with Gasteiger partial charge < -0.3 is 14.2 Å². The zero-order valence-electron chi connectivity index (χ0n) is 12.6. The van der Waals surface area contributed by atoms with E-state index < -0.39 is 5.97 Å². The molecule has 0 bridgehead atoms. The maximum atomic E-state index is 11.4. The number of hydrogen-bond acceptors (Lipinski definition) is 4. The first-order valence-corrected chi connectivity index (χ1v) is 6.45. The number of ether oxygens (including phenoxy) is 3. The third-order valence-corrected chi connectivity index (χ3v) is 2.76. The molecule has 0 unspecified atom stereocenters. The van der Waals surface area contributed by atoms with Crippen LogP contribution in [0.25, 0.3) is 0 Å². The lowest BCUT2D eigenvalue weighted by atomic mass is 10.2. The molecule has 0 N–H and O–H groups in total. The maximum absolute atomic E-state index is 11.4. The summed E-state index contributed by atoms with van der Waals surface area (Å²) in [6.07, 6.45) is 4.76. The van der Waals surface area contributed by atoms with Crippen LogP contribution in [0.1, 0.15) is 12.5 Å². The van der Waals surface area contributed by atoms with Crippen LogP contribution in [0.5, 0.6) is 5.75 Å². The van der Waals surface area contributed by atoms with Gasteiger partial charge in [-0.25, -0.2) is 4.79 Å². The van der Waals surface area contributed by atoms with Crippen molar-refractivity contribution in [2.75, 3.05) is 14.2 Å². The van der Waals surface area contributed by atoms with Crippen LogP contribution < -0.4 is 4.74 Å². The average molecular weight is 288 g/mol. The fourth-order valence-electron chi connectivity index (χ4n) is 1.51. The summed E-state index contributed by atoms with van der Waals surface area (Å²) in [5, 5.41) is 0. The SMILES string of the molecule is C=CC(=CC=C(C)OCc1ccc(OC)cc1)C(=O)OC. The van der Waals surface area contributed by atoms with Crippen molar-refractivity contribution >= 4 is 5.97 Å². The molecule has 0 aliphatic carbocycles. The number of allylic oxidation sites excluding steroid dienone is 3. The van der Waals surface area contributed by atoms with E-state index in [0.29, 0.717) is 17.9 Å². The topological polar surface area (TPSA) is 44.8 Å². The summed E-state index contributed by atoms with van der Waals surface area (Å²) >= 11 is 0. The molecule has 0 radical (unpaired) electrons. The Morgan fingerprint density at radius 1 is 1.19 bits per heavy atom. The first-order chi connectivity index (χ1) is 10.1. The van der Waals surface area contributed by atoms with Crippen molar-refractivity contribution in [1.29, 1.82) is 0 Å². The molecule has 0 aliphatic rings. The largest absolute Gasteiger partial charge is 0.497 e. The van der Waals surface area contributed by atoms with Gasteiger partial charge in [-0.2, -0.15) is 0 Å². The molecule has 0 aliphatic heterocycles. The van der Waals surface area contributed by atoms with Gasteiger partial charge in [-0.3, -0.25) is 0 Å². The zero-order chi connectivity index (χ0) is 15.7. The van der Waals surface area contributed by atoms with Gasteiger partial charge >= 0.3 is 5.97 Å². The number of carbonyl (C=O) groups is 1. The second-order valence-corrected chi connectivity index (χ2v) is 4.23. The van der Waals surface area contributed by atoms with E-state index in [0.717, 1.165) is 11.3 Å². The van der Waals surface area contributed by atoms with Crippen molar-refractivity contribution in [2.24, 2.45) is 0 Å². The third-order valence-electron chi connectivity index (χ3n) is 2.76. The maximum Gasteiger partial charge on any atom is 0.337 e. The Labute approximate surface area is 125 Å². The smallest absolute Gasteiger partial charge is 0.337 e. The molecule has 0 saturated heterocycles. The predicted molar refractivity (Wildman–Crippen MR) is 81.8 cm³/mol. The van der Waals surface area contributed by atoms with Crippen LogP contribution in [-0.2, 0) is 20.9 Å².